The third kappa shape index (κ3) is 4.12. The first-order valence-electron chi connectivity index (χ1n) is 9.74. The number of halogens is 3. The zero-order chi connectivity index (χ0) is 22.9. The van der Waals surface area contributed by atoms with Crippen LogP contribution in [0.15, 0.2) is 78.9 Å². The molecule has 3 aromatic carbocycles. The first-order chi connectivity index (χ1) is 15.3. The number of benzene rings is 3. The van der Waals surface area contributed by atoms with E-state index in [-0.39, 0.29) is 23.2 Å². The largest absolute Gasteiger partial charge is 0.416 e. The number of carbonyl (C=O) groups is 3. The third-order valence-electron chi connectivity index (χ3n) is 5.19. The van der Waals surface area contributed by atoms with Crippen LogP contribution in [0.3, 0.4) is 0 Å². The van der Waals surface area contributed by atoms with Crippen LogP contribution in [0.25, 0.3) is 0 Å². The van der Waals surface area contributed by atoms with E-state index in [1.54, 1.807) is 42.5 Å². The highest BCUT2D eigenvalue weighted by Gasteiger charge is 2.42. The molecule has 162 valence electrons. The molecule has 0 aromatic heterocycles. The summed E-state index contributed by atoms with van der Waals surface area (Å²) in [6.45, 7) is 0. The molecule has 1 heterocycles. The molecule has 0 spiro atoms. The minimum atomic E-state index is -4.50. The average molecular weight is 438 g/mol. The molecule has 0 saturated carbocycles. The van der Waals surface area contributed by atoms with Crippen LogP contribution in [0, 0.1) is 0 Å². The van der Waals surface area contributed by atoms with Gasteiger partial charge in [0.25, 0.3) is 11.8 Å². The maximum Gasteiger partial charge on any atom is 0.416 e. The van der Waals surface area contributed by atoms with Gasteiger partial charge in [0, 0.05) is 12.1 Å². The number of nitrogens with one attached hydrogen (secondary N) is 1. The second-order valence-electron chi connectivity index (χ2n) is 7.30. The van der Waals surface area contributed by atoms with E-state index in [4.69, 9.17) is 0 Å². The molecule has 8 heteroatoms. The Morgan fingerprint density at radius 3 is 1.88 bits per heavy atom. The molecule has 0 bridgehead atoms. The molecule has 0 unspecified atom stereocenters. The number of fused-ring (bicyclic) bond motifs is 1. The maximum absolute atomic E-state index is 13.1. The first kappa shape index (κ1) is 21.3. The summed E-state index contributed by atoms with van der Waals surface area (Å²) in [5, 5.41) is 2.53. The Morgan fingerprint density at radius 2 is 1.34 bits per heavy atom. The highest BCUT2D eigenvalue weighted by Crippen LogP contribution is 2.30. The Labute approximate surface area is 181 Å². The second kappa shape index (κ2) is 8.30. The zero-order valence-corrected chi connectivity index (χ0v) is 16.6. The summed E-state index contributed by atoms with van der Waals surface area (Å²) in [5.74, 6) is -1.86. The standard InChI is InChI=1S/C24H17F3N2O3/c25-24(26,27)16-10-12-17(13-11-16)28-21(30)20(14-15-6-2-1-3-7-15)29-22(31)18-8-4-5-9-19(18)23(29)32/h1-13,20H,14H2,(H,28,30)/t20-/m0/s1. The summed E-state index contributed by atoms with van der Waals surface area (Å²) in [6.07, 6.45) is -4.45. The predicted molar refractivity (Wildman–Crippen MR) is 111 cm³/mol. The van der Waals surface area contributed by atoms with Gasteiger partial charge in [0.1, 0.15) is 6.04 Å². The Balaban J connectivity index is 1.63. The van der Waals surface area contributed by atoms with E-state index in [0.717, 1.165) is 34.7 Å². The van der Waals surface area contributed by atoms with Crippen molar-refractivity contribution in [2.45, 2.75) is 18.6 Å². The molecule has 0 saturated heterocycles. The number of hydrogen-bond donors (Lipinski definition) is 1. The van der Waals surface area contributed by atoms with Crippen molar-refractivity contribution >= 4 is 23.4 Å². The van der Waals surface area contributed by atoms with Crippen LogP contribution in [0.2, 0.25) is 0 Å². The predicted octanol–water partition coefficient (Wildman–Crippen LogP) is 4.55. The van der Waals surface area contributed by atoms with E-state index in [1.807, 2.05) is 0 Å². The van der Waals surface area contributed by atoms with E-state index in [9.17, 15) is 27.6 Å². The molecule has 4 rings (SSSR count). The van der Waals surface area contributed by atoms with E-state index >= 15 is 0 Å². The molecule has 5 nitrogen and oxygen atoms in total. The third-order valence-corrected chi connectivity index (χ3v) is 5.19. The van der Waals surface area contributed by atoms with Gasteiger partial charge in [-0.25, -0.2) is 0 Å². The van der Waals surface area contributed by atoms with Crippen LogP contribution in [0.5, 0.6) is 0 Å². The lowest BCUT2D eigenvalue weighted by molar-refractivity contribution is -0.137. The summed E-state index contributed by atoms with van der Waals surface area (Å²) in [4.78, 5) is 40.0. The molecule has 1 aliphatic rings. The van der Waals surface area contributed by atoms with Crippen molar-refractivity contribution in [2.24, 2.45) is 0 Å². The number of hydrogen-bond acceptors (Lipinski definition) is 3. The number of alkyl halides is 3. The summed E-state index contributed by atoms with van der Waals surface area (Å²) in [7, 11) is 0. The molecule has 3 amide bonds. The summed E-state index contributed by atoms with van der Waals surface area (Å²) in [6, 6.07) is 17.9. The van der Waals surface area contributed by atoms with Gasteiger partial charge in [-0.1, -0.05) is 42.5 Å². The van der Waals surface area contributed by atoms with Gasteiger partial charge >= 0.3 is 6.18 Å². The molecule has 0 fully saturated rings. The summed E-state index contributed by atoms with van der Waals surface area (Å²) in [5.41, 5.74) is 0.404. The second-order valence-corrected chi connectivity index (χ2v) is 7.30. The highest BCUT2D eigenvalue weighted by molar-refractivity contribution is 6.23. The molecule has 0 radical (unpaired) electrons. The van der Waals surface area contributed by atoms with Crippen LogP contribution in [0.1, 0.15) is 31.8 Å². The van der Waals surface area contributed by atoms with Crippen molar-refractivity contribution in [3.8, 4) is 0 Å². The van der Waals surface area contributed by atoms with Crippen molar-refractivity contribution < 1.29 is 27.6 Å². The lowest BCUT2D eigenvalue weighted by Crippen LogP contribution is -2.48. The summed E-state index contributed by atoms with van der Waals surface area (Å²) >= 11 is 0. The monoisotopic (exact) mass is 438 g/mol. The number of nitrogens with zero attached hydrogens (tertiary/aromatic N) is 1. The van der Waals surface area contributed by atoms with Crippen LogP contribution in [0.4, 0.5) is 18.9 Å². The summed E-state index contributed by atoms with van der Waals surface area (Å²) < 4.78 is 38.4. The quantitative estimate of drug-likeness (QED) is 0.595. The fraction of sp³-hybridized carbons (Fsp3) is 0.125. The van der Waals surface area contributed by atoms with E-state index in [2.05, 4.69) is 5.32 Å². The molecule has 32 heavy (non-hydrogen) atoms. The minimum absolute atomic E-state index is 0.0543. The zero-order valence-electron chi connectivity index (χ0n) is 16.6. The normalized spacial score (nSPS) is 14.3. The van der Waals surface area contributed by atoms with Crippen LogP contribution in [-0.2, 0) is 17.4 Å². The van der Waals surface area contributed by atoms with Gasteiger partial charge in [-0.05, 0) is 42.0 Å². The topological polar surface area (TPSA) is 66.5 Å². The van der Waals surface area contributed by atoms with Crippen LogP contribution in [-0.4, -0.2) is 28.7 Å². The SMILES string of the molecule is O=C(Nc1ccc(C(F)(F)F)cc1)[C@H](Cc1ccccc1)N1C(=O)c2ccccc2C1=O. The Hall–Kier alpha value is -3.94. The van der Waals surface area contributed by atoms with Crippen LogP contribution >= 0.6 is 0 Å². The molecule has 1 aliphatic heterocycles. The van der Waals surface area contributed by atoms with Crippen molar-refractivity contribution in [1.29, 1.82) is 0 Å². The van der Waals surface area contributed by atoms with Gasteiger partial charge in [-0.3, -0.25) is 19.3 Å². The number of imide groups is 1. The van der Waals surface area contributed by atoms with Gasteiger partial charge in [0.05, 0.1) is 16.7 Å². The Bertz CT molecular complexity index is 1140. The fourth-order valence-electron chi connectivity index (χ4n) is 3.60. The maximum atomic E-state index is 13.1. The fourth-order valence-corrected chi connectivity index (χ4v) is 3.60. The minimum Gasteiger partial charge on any atom is -0.324 e. The average Bonchev–Trinajstić information content (AvgIpc) is 3.03. The van der Waals surface area contributed by atoms with E-state index < -0.39 is 35.5 Å². The highest BCUT2D eigenvalue weighted by atomic mass is 19.4. The van der Waals surface area contributed by atoms with E-state index in [0.29, 0.717) is 0 Å². The van der Waals surface area contributed by atoms with Gasteiger partial charge in [-0.15, -0.1) is 0 Å². The number of anilines is 1. The number of amides is 3. The molecular formula is C24H17F3N2O3. The van der Waals surface area contributed by atoms with Gasteiger partial charge < -0.3 is 5.32 Å². The molecule has 1 atom stereocenters. The van der Waals surface area contributed by atoms with Gasteiger partial charge in [-0.2, -0.15) is 13.2 Å². The lowest BCUT2D eigenvalue weighted by atomic mass is 10.0. The van der Waals surface area contributed by atoms with Crippen LogP contribution < -0.4 is 5.32 Å². The smallest absolute Gasteiger partial charge is 0.324 e. The molecule has 3 aromatic rings. The lowest BCUT2D eigenvalue weighted by Gasteiger charge is -2.25. The van der Waals surface area contributed by atoms with Crippen molar-refractivity contribution in [2.75, 3.05) is 5.32 Å². The van der Waals surface area contributed by atoms with Crippen molar-refractivity contribution in [1.82, 2.24) is 4.90 Å². The van der Waals surface area contributed by atoms with Gasteiger partial charge in [0.15, 0.2) is 0 Å². The first-order valence-corrected chi connectivity index (χ1v) is 9.74. The molecule has 1 N–H and O–H groups in total. The Kier molecular flexibility index (Phi) is 5.52. The van der Waals surface area contributed by atoms with Crippen molar-refractivity contribution in [3.05, 3.63) is 101 Å². The molecule has 0 aliphatic carbocycles. The van der Waals surface area contributed by atoms with Crippen molar-refractivity contribution in [3.63, 3.8) is 0 Å². The van der Waals surface area contributed by atoms with E-state index in [1.165, 1.54) is 12.1 Å². The molecular weight excluding hydrogens is 421 g/mol. The Morgan fingerprint density at radius 1 is 0.812 bits per heavy atom. The number of carbonyl (C=O) groups excluding carboxylic acids is 3. The number of rotatable bonds is 5. The van der Waals surface area contributed by atoms with Gasteiger partial charge in [0.2, 0.25) is 5.91 Å².